The van der Waals surface area contributed by atoms with E-state index < -0.39 is 4.92 Å². The van der Waals surface area contributed by atoms with E-state index in [-0.39, 0.29) is 5.82 Å². The number of nitro groups is 1. The molecule has 0 atom stereocenters. The van der Waals surface area contributed by atoms with Crippen molar-refractivity contribution in [2.24, 2.45) is 14.1 Å². The van der Waals surface area contributed by atoms with Gasteiger partial charge in [0.2, 0.25) is 0 Å². The van der Waals surface area contributed by atoms with Gasteiger partial charge in [0.25, 0.3) is 5.82 Å². The fourth-order valence-electron chi connectivity index (χ4n) is 0.925. The SMILES string of the molecule is Cc1n(C)c([N+](=O)[O-])c[n+]1C. The number of rotatable bonds is 1. The molecule has 0 aliphatic heterocycles. The molecular weight excluding hydrogens is 146 g/mol. The maximum atomic E-state index is 10.4. The molecule has 0 saturated carbocycles. The Bertz CT molecular complexity index is 303. The largest absolute Gasteiger partial charge is 0.365 e. The van der Waals surface area contributed by atoms with Crippen molar-refractivity contribution in [3.8, 4) is 0 Å². The molecule has 0 radical (unpaired) electrons. The molecule has 0 aromatic carbocycles. The van der Waals surface area contributed by atoms with Crippen LogP contribution in [0.2, 0.25) is 0 Å². The molecule has 1 aromatic heterocycles. The minimum atomic E-state index is -0.396. The smallest absolute Gasteiger partial charge is 0.358 e. The van der Waals surface area contributed by atoms with Crippen LogP contribution in [0.1, 0.15) is 5.82 Å². The molecular formula is C6H10N3O2+. The van der Waals surface area contributed by atoms with E-state index in [1.807, 2.05) is 6.92 Å². The highest BCUT2D eigenvalue weighted by atomic mass is 16.6. The summed E-state index contributed by atoms with van der Waals surface area (Å²) in [6.45, 7) is 1.83. The van der Waals surface area contributed by atoms with E-state index in [1.165, 1.54) is 6.20 Å². The van der Waals surface area contributed by atoms with Gasteiger partial charge in [0.05, 0.1) is 14.1 Å². The second-order valence-corrected chi connectivity index (χ2v) is 2.46. The molecule has 5 nitrogen and oxygen atoms in total. The van der Waals surface area contributed by atoms with E-state index in [0.29, 0.717) is 0 Å². The third-order valence-corrected chi connectivity index (χ3v) is 1.84. The van der Waals surface area contributed by atoms with Crippen LogP contribution in [0.3, 0.4) is 0 Å². The Hall–Kier alpha value is -1.39. The molecule has 5 heteroatoms. The molecule has 0 bridgehead atoms. The zero-order valence-corrected chi connectivity index (χ0v) is 6.74. The third-order valence-electron chi connectivity index (χ3n) is 1.84. The van der Waals surface area contributed by atoms with Gasteiger partial charge >= 0.3 is 5.82 Å². The summed E-state index contributed by atoms with van der Waals surface area (Å²) < 4.78 is 3.26. The van der Waals surface area contributed by atoms with Crippen molar-refractivity contribution in [1.29, 1.82) is 0 Å². The van der Waals surface area contributed by atoms with Crippen molar-refractivity contribution in [1.82, 2.24) is 4.57 Å². The van der Waals surface area contributed by atoms with Crippen LogP contribution in [0.25, 0.3) is 0 Å². The monoisotopic (exact) mass is 156 g/mol. The predicted octanol–water partition coefficient (Wildman–Crippen LogP) is 0.0662. The Morgan fingerprint density at radius 2 is 2.27 bits per heavy atom. The first kappa shape index (κ1) is 7.71. The normalized spacial score (nSPS) is 10.1. The van der Waals surface area contributed by atoms with Gasteiger partial charge in [-0.15, -0.1) is 0 Å². The Morgan fingerprint density at radius 3 is 2.45 bits per heavy atom. The van der Waals surface area contributed by atoms with Crippen LogP contribution in [0.5, 0.6) is 0 Å². The van der Waals surface area contributed by atoms with Crippen LogP contribution in [-0.4, -0.2) is 9.49 Å². The van der Waals surface area contributed by atoms with Crippen LogP contribution < -0.4 is 4.57 Å². The van der Waals surface area contributed by atoms with Crippen LogP contribution in [0.15, 0.2) is 6.20 Å². The fourth-order valence-corrected chi connectivity index (χ4v) is 0.925. The average molecular weight is 156 g/mol. The highest BCUT2D eigenvalue weighted by Crippen LogP contribution is 2.07. The average Bonchev–Trinajstić information content (AvgIpc) is 2.17. The summed E-state index contributed by atoms with van der Waals surface area (Å²) in [4.78, 5) is 9.96. The third kappa shape index (κ3) is 1.09. The van der Waals surface area contributed by atoms with E-state index in [1.54, 1.807) is 23.2 Å². The first-order valence-electron chi connectivity index (χ1n) is 3.20. The van der Waals surface area contributed by atoms with Gasteiger partial charge in [-0.2, -0.15) is 4.57 Å². The number of hydrogen-bond acceptors (Lipinski definition) is 2. The Morgan fingerprint density at radius 1 is 1.73 bits per heavy atom. The van der Waals surface area contributed by atoms with E-state index in [9.17, 15) is 10.1 Å². The predicted molar refractivity (Wildman–Crippen MR) is 38.0 cm³/mol. The summed E-state index contributed by atoms with van der Waals surface area (Å²) in [5, 5.41) is 10.4. The van der Waals surface area contributed by atoms with Crippen LogP contribution in [0.4, 0.5) is 5.82 Å². The Kier molecular flexibility index (Phi) is 1.64. The van der Waals surface area contributed by atoms with Gasteiger partial charge in [-0.25, -0.2) is 4.57 Å². The second-order valence-electron chi connectivity index (χ2n) is 2.46. The van der Waals surface area contributed by atoms with Crippen molar-refractivity contribution >= 4 is 5.82 Å². The summed E-state index contributed by atoms with van der Waals surface area (Å²) in [5.74, 6) is 0.974. The summed E-state index contributed by atoms with van der Waals surface area (Å²) >= 11 is 0. The van der Waals surface area contributed by atoms with Crippen molar-refractivity contribution in [2.45, 2.75) is 6.92 Å². The number of aromatic nitrogens is 2. The Balaban J connectivity index is 3.29. The molecule has 0 unspecified atom stereocenters. The molecule has 0 aliphatic rings. The summed E-state index contributed by atoms with van der Waals surface area (Å²) in [7, 11) is 3.45. The van der Waals surface area contributed by atoms with Gasteiger partial charge in [-0.05, 0) is 4.92 Å². The minimum absolute atomic E-state index is 0.116. The lowest BCUT2D eigenvalue weighted by Crippen LogP contribution is -2.29. The molecule has 60 valence electrons. The van der Waals surface area contributed by atoms with Gasteiger partial charge in [0, 0.05) is 6.92 Å². The number of hydrogen-bond donors (Lipinski definition) is 0. The standard InChI is InChI=1S/C6H10N3O2/c1-5-7(2)4-6(8(5)3)9(10)11/h4H,1-3H3/q+1. The number of imidazole rings is 1. The molecule has 0 aliphatic carbocycles. The van der Waals surface area contributed by atoms with Crippen molar-refractivity contribution in [2.75, 3.05) is 0 Å². The molecule has 1 aromatic rings. The van der Waals surface area contributed by atoms with Crippen LogP contribution in [0, 0.1) is 17.0 Å². The number of nitrogens with zero attached hydrogens (tertiary/aromatic N) is 3. The molecule has 1 heterocycles. The minimum Gasteiger partial charge on any atom is -0.358 e. The molecule has 0 N–H and O–H groups in total. The van der Waals surface area contributed by atoms with Gasteiger partial charge in [0.15, 0.2) is 6.20 Å². The zero-order chi connectivity index (χ0) is 8.59. The second kappa shape index (κ2) is 2.34. The lowest BCUT2D eigenvalue weighted by Gasteiger charge is -1.91. The van der Waals surface area contributed by atoms with Gasteiger partial charge in [-0.1, -0.05) is 0 Å². The highest BCUT2D eigenvalue weighted by Gasteiger charge is 2.17. The van der Waals surface area contributed by atoms with E-state index in [4.69, 9.17) is 0 Å². The zero-order valence-electron chi connectivity index (χ0n) is 6.74. The van der Waals surface area contributed by atoms with Crippen molar-refractivity contribution < 1.29 is 9.49 Å². The van der Waals surface area contributed by atoms with Crippen molar-refractivity contribution in [3.63, 3.8) is 0 Å². The first-order chi connectivity index (χ1) is 5.04. The molecule has 1 rings (SSSR count). The quantitative estimate of drug-likeness (QED) is 0.328. The maximum absolute atomic E-state index is 10.4. The molecule has 0 amide bonds. The lowest BCUT2D eigenvalue weighted by molar-refractivity contribution is -0.678. The van der Waals surface area contributed by atoms with Gasteiger partial charge in [0.1, 0.15) is 0 Å². The van der Waals surface area contributed by atoms with Gasteiger partial charge in [-0.3, -0.25) is 0 Å². The summed E-state index contributed by atoms with van der Waals surface area (Å²) in [6.07, 6.45) is 1.50. The van der Waals surface area contributed by atoms with Crippen LogP contribution in [-0.2, 0) is 14.1 Å². The van der Waals surface area contributed by atoms with Crippen molar-refractivity contribution in [3.05, 3.63) is 22.1 Å². The fraction of sp³-hybridized carbons (Fsp3) is 0.500. The highest BCUT2D eigenvalue weighted by molar-refractivity contribution is 5.12. The van der Waals surface area contributed by atoms with E-state index >= 15 is 0 Å². The number of aryl methyl sites for hydroxylation is 1. The van der Waals surface area contributed by atoms with E-state index in [2.05, 4.69) is 0 Å². The molecule has 0 spiro atoms. The molecule has 11 heavy (non-hydrogen) atoms. The van der Waals surface area contributed by atoms with Gasteiger partial charge < -0.3 is 10.1 Å². The molecule has 0 saturated heterocycles. The lowest BCUT2D eigenvalue weighted by atomic mass is 10.7. The van der Waals surface area contributed by atoms with Crippen LogP contribution >= 0.6 is 0 Å². The molecule has 0 fully saturated rings. The Labute approximate surface area is 64.0 Å². The van der Waals surface area contributed by atoms with E-state index in [0.717, 1.165) is 5.82 Å². The summed E-state index contributed by atoms with van der Waals surface area (Å²) in [6, 6.07) is 0. The topological polar surface area (TPSA) is 51.9 Å². The maximum Gasteiger partial charge on any atom is 0.365 e. The summed E-state index contributed by atoms with van der Waals surface area (Å²) in [5.41, 5.74) is 0. The first-order valence-corrected chi connectivity index (χ1v) is 3.20.